The van der Waals surface area contributed by atoms with Gasteiger partial charge in [-0.25, -0.2) is 0 Å². The van der Waals surface area contributed by atoms with Crippen molar-refractivity contribution >= 4 is 0 Å². The van der Waals surface area contributed by atoms with Crippen molar-refractivity contribution in [2.45, 2.75) is 57.4 Å². The lowest BCUT2D eigenvalue weighted by Crippen LogP contribution is -2.28. The first-order valence-electron chi connectivity index (χ1n) is 7.52. The topological polar surface area (TPSA) is 42.7 Å². The maximum atomic E-state index is 4.34. The molecule has 0 radical (unpaired) electrons. The molecule has 18 heavy (non-hydrogen) atoms. The van der Waals surface area contributed by atoms with Gasteiger partial charge in [-0.3, -0.25) is 0 Å². The highest BCUT2D eigenvalue weighted by molar-refractivity contribution is 4.92. The van der Waals surface area contributed by atoms with Gasteiger partial charge in [0.25, 0.3) is 0 Å². The summed E-state index contributed by atoms with van der Waals surface area (Å²) in [5, 5.41) is 11.9. The summed E-state index contributed by atoms with van der Waals surface area (Å²) >= 11 is 0. The van der Waals surface area contributed by atoms with Crippen LogP contribution in [0.4, 0.5) is 0 Å². The van der Waals surface area contributed by atoms with Gasteiger partial charge in [0, 0.05) is 12.5 Å². The Morgan fingerprint density at radius 1 is 1.17 bits per heavy atom. The molecule has 4 heteroatoms. The van der Waals surface area contributed by atoms with E-state index in [0.29, 0.717) is 6.04 Å². The fourth-order valence-corrected chi connectivity index (χ4v) is 3.44. The minimum absolute atomic E-state index is 0.683. The zero-order chi connectivity index (χ0) is 12.2. The summed E-state index contributed by atoms with van der Waals surface area (Å²) in [6.07, 6.45) is 12.4. The van der Waals surface area contributed by atoms with Crippen LogP contribution >= 0.6 is 0 Å². The zero-order valence-electron chi connectivity index (χ0n) is 11.1. The molecule has 0 aromatic carbocycles. The number of aromatic nitrogens is 3. The molecule has 1 saturated heterocycles. The molecule has 0 amide bonds. The maximum absolute atomic E-state index is 4.34. The normalized spacial score (nSPS) is 22.7. The largest absolute Gasteiger partial charge is 0.317 e. The SMILES string of the molecule is c1nnc(CCC2CCNCC2)n1C1CCCC1. The lowest BCUT2D eigenvalue weighted by Gasteiger charge is -2.22. The molecule has 1 aromatic rings. The Bertz CT molecular complexity index is 362. The number of rotatable bonds is 4. The Kier molecular flexibility index (Phi) is 3.93. The van der Waals surface area contributed by atoms with Crippen LogP contribution < -0.4 is 5.32 Å². The van der Waals surface area contributed by atoms with E-state index in [9.17, 15) is 0 Å². The van der Waals surface area contributed by atoms with Crippen LogP contribution in [0.2, 0.25) is 0 Å². The summed E-state index contributed by atoms with van der Waals surface area (Å²) in [4.78, 5) is 0. The Balaban J connectivity index is 1.56. The highest BCUT2D eigenvalue weighted by Gasteiger charge is 2.20. The second-order valence-electron chi connectivity index (χ2n) is 5.82. The molecule has 0 unspecified atom stereocenters. The van der Waals surface area contributed by atoms with Crippen LogP contribution in [0.1, 0.15) is 56.8 Å². The van der Waals surface area contributed by atoms with Gasteiger partial charge in [0.05, 0.1) is 0 Å². The first kappa shape index (κ1) is 12.2. The molecule has 100 valence electrons. The summed E-state index contributed by atoms with van der Waals surface area (Å²) in [7, 11) is 0. The van der Waals surface area contributed by atoms with E-state index >= 15 is 0 Å². The Morgan fingerprint density at radius 3 is 2.72 bits per heavy atom. The van der Waals surface area contributed by atoms with E-state index in [0.717, 1.165) is 12.3 Å². The molecule has 0 bridgehead atoms. The first-order chi connectivity index (χ1) is 8.93. The molecule has 2 fully saturated rings. The van der Waals surface area contributed by atoms with E-state index in [-0.39, 0.29) is 0 Å². The minimum Gasteiger partial charge on any atom is -0.317 e. The van der Waals surface area contributed by atoms with Gasteiger partial charge in [-0.2, -0.15) is 0 Å². The molecule has 4 nitrogen and oxygen atoms in total. The minimum atomic E-state index is 0.683. The van der Waals surface area contributed by atoms with Gasteiger partial charge < -0.3 is 9.88 Å². The second-order valence-corrected chi connectivity index (χ2v) is 5.82. The Morgan fingerprint density at radius 2 is 1.94 bits per heavy atom. The number of piperidine rings is 1. The van der Waals surface area contributed by atoms with Crippen molar-refractivity contribution in [3.05, 3.63) is 12.2 Å². The van der Waals surface area contributed by atoms with Crippen LogP contribution in [-0.2, 0) is 6.42 Å². The van der Waals surface area contributed by atoms with Gasteiger partial charge in [-0.15, -0.1) is 10.2 Å². The zero-order valence-corrected chi connectivity index (χ0v) is 11.1. The van der Waals surface area contributed by atoms with Crippen molar-refractivity contribution in [2.75, 3.05) is 13.1 Å². The molecule has 1 saturated carbocycles. The molecule has 1 aromatic heterocycles. The van der Waals surface area contributed by atoms with Crippen molar-refractivity contribution in [1.82, 2.24) is 20.1 Å². The van der Waals surface area contributed by atoms with E-state index in [4.69, 9.17) is 0 Å². The van der Waals surface area contributed by atoms with Crippen molar-refractivity contribution in [3.63, 3.8) is 0 Å². The highest BCUT2D eigenvalue weighted by Crippen LogP contribution is 2.30. The summed E-state index contributed by atoms with van der Waals surface area (Å²) in [5.74, 6) is 2.11. The van der Waals surface area contributed by atoms with Gasteiger partial charge in [0.2, 0.25) is 0 Å². The van der Waals surface area contributed by atoms with Crippen molar-refractivity contribution in [1.29, 1.82) is 0 Å². The third-order valence-corrected chi connectivity index (χ3v) is 4.60. The van der Waals surface area contributed by atoms with E-state index in [1.54, 1.807) is 0 Å². The number of aryl methyl sites for hydroxylation is 1. The fraction of sp³-hybridized carbons (Fsp3) is 0.857. The van der Waals surface area contributed by atoms with Gasteiger partial charge in [0.1, 0.15) is 12.2 Å². The van der Waals surface area contributed by atoms with Crippen molar-refractivity contribution in [3.8, 4) is 0 Å². The van der Waals surface area contributed by atoms with Crippen LogP contribution in [0.25, 0.3) is 0 Å². The lowest BCUT2D eigenvalue weighted by atomic mass is 9.93. The van der Waals surface area contributed by atoms with Crippen molar-refractivity contribution < 1.29 is 0 Å². The maximum Gasteiger partial charge on any atom is 0.133 e. The average molecular weight is 248 g/mol. The smallest absolute Gasteiger partial charge is 0.133 e. The van der Waals surface area contributed by atoms with Crippen LogP contribution in [-0.4, -0.2) is 27.9 Å². The Labute approximate surface area is 109 Å². The molecule has 3 rings (SSSR count). The molecule has 1 N–H and O–H groups in total. The van der Waals surface area contributed by atoms with Crippen LogP contribution in [0, 0.1) is 5.92 Å². The number of hydrogen-bond donors (Lipinski definition) is 1. The van der Waals surface area contributed by atoms with E-state index in [1.807, 2.05) is 6.33 Å². The molecular formula is C14H24N4. The number of nitrogens with one attached hydrogen (secondary N) is 1. The van der Waals surface area contributed by atoms with E-state index in [1.165, 1.54) is 63.9 Å². The number of hydrogen-bond acceptors (Lipinski definition) is 3. The van der Waals surface area contributed by atoms with Crippen molar-refractivity contribution in [2.24, 2.45) is 5.92 Å². The lowest BCUT2D eigenvalue weighted by molar-refractivity contribution is 0.348. The standard InChI is InChI=1S/C14H24N4/c1-2-4-13(3-1)18-11-16-17-14(18)6-5-12-7-9-15-10-8-12/h11-13,15H,1-10H2. The second kappa shape index (κ2) is 5.83. The molecule has 2 heterocycles. The Hall–Kier alpha value is -0.900. The summed E-state index contributed by atoms with van der Waals surface area (Å²) in [6, 6.07) is 0.683. The van der Waals surface area contributed by atoms with Gasteiger partial charge >= 0.3 is 0 Å². The summed E-state index contributed by atoms with van der Waals surface area (Å²) in [5.41, 5.74) is 0. The third-order valence-electron chi connectivity index (χ3n) is 4.60. The van der Waals surface area contributed by atoms with E-state index in [2.05, 4.69) is 20.1 Å². The molecule has 1 aliphatic carbocycles. The first-order valence-corrected chi connectivity index (χ1v) is 7.52. The third kappa shape index (κ3) is 2.74. The van der Waals surface area contributed by atoms with Crippen LogP contribution in [0.3, 0.4) is 0 Å². The van der Waals surface area contributed by atoms with E-state index < -0.39 is 0 Å². The fourth-order valence-electron chi connectivity index (χ4n) is 3.44. The molecule has 0 spiro atoms. The monoisotopic (exact) mass is 248 g/mol. The predicted molar refractivity (Wildman–Crippen MR) is 71.4 cm³/mol. The molecular weight excluding hydrogens is 224 g/mol. The molecule has 0 atom stereocenters. The summed E-state index contributed by atoms with van der Waals surface area (Å²) < 4.78 is 2.36. The average Bonchev–Trinajstić information content (AvgIpc) is 3.08. The van der Waals surface area contributed by atoms with Gasteiger partial charge in [-0.1, -0.05) is 12.8 Å². The summed E-state index contributed by atoms with van der Waals surface area (Å²) in [6.45, 7) is 2.39. The van der Waals surface area contributed by atoms with Crippen LogP contribution in [0.15, 0.2) is 6.33 Å². The van der Waals surface area contributed by atoms with Crippen LogP contribution in [0.5, 0.6) is 0 Å². The quantitative estimate of drug-likeness (QED) is 0.889. The highest BCUT2D eigenvalue weighted by atomic mass is 15.3. The number of nitrogens with zero attached hydrogens (tertiary/aromatic N) is 3. The van der Waals surface area contributed by atoms with Gasteiger partial charge in [-0.05, 0) is 51.1 Å². The van der Waals surface area contributed by atoms with Gasteiger partial charge in [0.15, 0.2) is 0 Å². The predicted octanol–water partition coefficient (Wildman–Crippen LogP) is 2.33. The molecule has 1 aliphatic heterocycles. The molecule has 2 aliphatic rings.